The molecule has 0 aliphatic heterocycles. The Kier molecular flexibility index (Phi) is 2.39. The molecule has 0 amide bonds. The van der Waals surface area contributed by atoms with Gasteiger partial charge in [-0.2, -0.15) is 0 Å². The number of fused-ring (bicyclic) bond motifs is 3. The van der Waals surface area contributed by atoms with Crippen LogP contribution in [-0.2, 0) is 0 Å². The lowest BCUT2D eigenvalue weighted by Gasteiger charge is -1.95. The zero-order valence-corrected chi connectivity index (χ0v) is 11.0. The van der Waals surface area contributed by atoms with Gasteiger partial charge in [0.15, 0.2) is 5.58 Å². The maximum absolute atomic E-state index is 6.09. The standard InChI is InChI=1S/C12H5BrCl2O/c13-8-2-1-3-10-11(8)7-4-6(14)5-9(15)12(7)16-10/h1-5H. The highest BCUT2D eigenvalue weighted by molar-refractivity contribution is 9.10. The minimum absolute atomic E-state index is 0.533. The van der Waals surface area contributed by atoms with E-state index in [1.807, 2.05) is 24.3 Å². The minimum Gasteiger partial charge on any atom is -0.454 e. The molecule has 0 spiro atoms. The van der Waals surface area contributed by atoms with Crippen LogP contribution in [0.5, 0.6) is 0 Å². The van der Waals surface area contributed by atoms with Crippen molar-refractivity contribution in [3.8, 4) is 0 Å². The summed E-state index contributed by atoms with van der Waals surface area (Å²) < 4.78 is 6.67. The molecule has 4 heteroatoms. The van der Waals surface area contributed by atoms with E-state index in [0.29, 0.717) is 15.6 Å². The second-order valence-electron chi connectivity index (χ2n) is 3.48. The van der Waals surface area contributed by atoms with Gasteiger partial charge in [0.2, 0.25) is 0 Å². The van der Waals surface area contributed by atoms with E-state index in [4.69, 9.17) is 27.6 Å². The first-order valence-electron chi connectivity index (χ1n) is 4.62. The monoisotopic (exact) mass is 314 g/mol. The first-order valence-corrected chi connectivity index (χ1v) is 6.17. The van der Waals surface area contributed by atoms with Crippen LogP contribution in [0.15, 0.2) is 39.2 Å². The Labute approximate surface area is 110 Å². The molecule has 1 nitrogen and oxygen atoms in total. The summed E-state index contributed by atoms with van der Waals surface area (Å²) in [5, 5.41) is 3.07. The maximum atomic E-state index is 6.09. The number of hydrogen-bond acceptors (Lipinski definition) is 1. The molecule has 0 bridgehead atoms. The molecular formula is C12H5BrCl2O. The Morgan fingerprint density at radius 3 is 2.75 bits per heavy atom. The molecule has 0 saturated carbocycles. The number of benzene rings is 2. The maximum Gasteiger partial charge on any atom is 0.154 e. The second kappa shape index (κ2) is 3.66. The largest absolute Gasteiger partial charge is 0.454 e. The van der Waals surface area contributed by atoms with Crippen LogP contribution >= 0.6 is 39.1 Å². The van der Waals surface area contributed by atoms with Crippen LogP contribution in [0.1, 0.15) is 0 Å². The van der Waals surface area contributed by atoms with Gasteiger partial charge in [-0.05, 0) is 24.3 Å². The lowest BCUT2D eigenvalue weighted by Crippen LogP contribution is -1.71. The molecule has 3 aromatic rings. The average Bonchev–Trinajstić information content (AvgIpc) is 2.58. The molecule has 0 atom stereocenters. The average molecular weight is 316 g/mol. The van der Waals surface area contributed by atoms with Crippen LogP contribution in [0.25, 0.3) is 21.9 Å². The van der Waals surface area contributed by atoms with Crippen molar-refractivity contribution in [2.24, 2.45) is 0 Å². The van der Waals surface area contributed by atoms with Crippen molar-refractivity contribution in [3.05, 3.63) is 44.8 Å². The molecule has 1 heterocycles. The molecule has 1 aromatic heterocycles. The lowest BCUT2D eigenvalue weighted by molar-refractivity contribution is 0.669. The number of rotatable bonds is 0. The highest BCUT2D eigenvalue weighted by Crippen LogP contribution is 2.38. The molecule has 0 unspecified atom stereocenters. The van der Waals surface area contributed by atoms with E-state index in [1.165, 1.54) is 0 Å². The summed E-state index contributed by atoms with van der Waals surface area (Å²) in [5.74, 6) is 0. The quantitative estimate of drug-likeness (QED) is 0.522. The summed E-state index contributed by atoms with van der Waals surface area (Å²) in [7, 11) is 0. The third kappa shape index (κ3) is 1.45. The van der Waals surface area contributed by atoms with Gasteiger partial charge in [0.1, 0.15) is 5.58 Å². The van der Waals surface area contributed by atoms with E-state index in [9.17, 15) is 0 Å². The van der Waals surface area contributed by atoms with Crippen molar-refractivity contribution in [2.75, 3.05) is 0 Å². The Bertz CT molecular complexity index is 703. The van der Waals surface area contributed by atoms with Crippen molar-refractivity contribution in [2.45, 2.75) is 0 Å². The van der Waals surface area contributed by atoms with E-state index in [2.05, 4.69) is 15.9 Å². The van der Waals surface area contributed by atoms with Crippen LogP contribution in [0.4, 0.5) is 0 Å². The first kappa shape index (κ1) is 10.5. The predicted molar refractivity (Wildman–Crippen MR) is 71.4 cm³/mol. The van der Waals surface area contributed by atoms with Gasteiger partial charge < -0.3 is 4.42 Å². The van der Waals surface area contributed by atoms with Crippen molar-refractivity contribution >= 4 is 61.1 Å². The van der Waals surface area contributed by atoms with Gasteiger partial charge in [0, 0.05) is 20.3 Å². The summed E-state index contributed by atoms with van der Waals surface area (Å²) in [5.41, 5.74) is 1.47. The van der Waals surface area contributed by atoms with E-state index in [1.54, 1.807) is 6.07 Å². The molecule has 2 aromatic carbocycles. The molecule has 3 rings (SSSR count). The summed E-state index contributed by atoms with van der Waals surface area (Å²) in [6.45, 7) is 0. The molecule has 80 valence electrons. The Morgan fingerprint density at radius 1 is 1.12 bits per heavy atom. The van der Waals surface area contributed by atoms with Crippen molar-refractivity contribution < 1.29 is 4.42 Å². The van der Waals surface area contributed by atoms with Gasteiger partial charge in [-0.25, -0.2) is 0 Å². The first-order chi connectivity index (χ1) is 7.66. The summed E-state index contributed by atoms with van der Waals surface area (Å²) >= 11 is 15.6. The summed E-state index contributed by atoms with van der Waals surface area (Å²) in [6, 6.07) is 9.34. The van der Waals surface area contributed by atoms with Crippen LogP contribution in [0, 0.1) is 0 Å². The molecule has 0 saturated heterocycles. The van der Waals surface area contributed by atoms with Gasteiger partial charge in [-0.1, -0.05) is 45.2 Å². The van der Waals surface area contributed by atoms with Crippen molar-refractivity contribution in [1.29, 1.82) is 0 Å². The van der Waals surface area contributed by atoms with E-state index in [-0.39, 0.29) is 0 Å². The van der Waals surface area contributed by atoms with E-state index >= 15 is 0 Å². The predicted octanol–water partition coefficient (Wildman–Crippen LogP) is 5.66. The fourth-order valence-corrected chi connectivity index (χ4v) is 2.90. The molecule has 0 aliphatic rings. The van der Waals surface area contributed by atoms with Gasteiger partial charge in [0.25, 0.3) is 0 Å². The summed E-state index contributed by atoms with van der Waals surface area (Å²) in [4.78, 5) is 0. The highest BCUT2D eigenvalue weighted by Gasteiger charge is 2.12. The summed E-state index contributed by atoms with van der Waals surface area (Å²) in [6.07, 6.45) is 0. The normalized spacial score (nSPS) is 11.4. The van der Waals surface area contributed by atoms with Gasteiger partial charge in [0.05, 0.1) is 5.02 Å². The third-order valence-electron chi connectivity index (χ3n) is 2.47. The third-order valence-corrected chi connectivity index (χ3v) is 3.62. The van der Waals surface area contributed by atoms with Gasteiger partial charge in [-0.15, -0.1) is 0 Å². The van der Waals surface area contributed by atoms with Crippen LogP contribution in [-0.4, -0.2) is 0 Å². The minimum atomic E-state index is 0.533. The van der Waals surface area contributed by atoms with Gasteiger partial charge in [-0.3, -0.25) is 0 Å². The lowest BCUT2D eigenvalue weighted by atomic mass is 10.1. The molecule has 0 radical (unpaired) electrons. The molecule has 16 heavy (non-hydrogen) atoms. The Balaban J connectivity index is 2.63. The SMILES string of the molecule is Clc1cc(Cl)c2oc3cccc(Br)c3c2c1. The molecule has 0 aliphatic carbocycles. The Morgan fingerprint density at radius 2 is 1.94 bits per heavy atom. The topological polar surface area (TPSA) is 13.1 Å². The van der Waals surface area contributed by atoms with E-state index < -0.39 is 0 Å². The van der Waals surface area contributed by atoms with Crippen molar-refractivity contribution in [1.82, 2.24) is 0 Å². The van der Waals surface area contributed by atoms with Crippen LogP contribution in [0.3, 0.4) is 0 Å². The molecule has 0 N–H and O–H groups in total. The zero-order chi connectivity index (χ0) is 11.3. The molecule has 0 fully saturated rings. The fourth-order valence-electron chi connectivity index (χ4n) is 1.81. The smallest absolute Gasteiger partial charge is 0.154 e. The van der Waals surface area contributed by atoms with Crippen molar-refractivity contribution in [3.63, 3.8) is 0 Å². The zero-order valence-electron chi connectivity index (χ0n) is 7.93. The number of hydrogen-bond donors (Lipinski definition) is 0. The Hall–Kier alpha value is -0.700. The number of halogens is 3. The molecular weight excluding hydrogens is 311 g/mol. The van der Waals surface area contributed by atoms with Gasteiger partial charge >= 0.3 is 0 Å². The van der Waals surface area contributed by atoms with E-state index in [0.717, 1.165) is 20.8 Å². The van der Waals surface area contributed by atoms with Crippen LogP contribution < -0.4 is 0 Å². The number of furan rings is 1. The van der Waals surface area contributed by atoms with Crippen LogP contribution in [0.2, 0.25) is 10.0 Å². The highest BCUT2D eigenvalue weighted by atomic mass is 79.9. The second-order valence-corrected chi connectivity index (χ2v) is 5.18. The fraction of sp³-hybridized carbons (Fsp3) is 0.